The highest BCUT2D eigenvalue weighted by molar-refractivity contribution is 5.92. The number of rotatable bonds is 7. The van der Waals surface area contributed by atoms with E-state index < -0.39 is 34.8 Å². The van der Waals surface area contributed by atoms with Crippen LogP contribution in [0.2, 0.25) is 0 Å². The lowest BCUT2D eigenvalue weighted by Crippen LogP contribution is -2.34. The summed E-state index contributed by atoms with van der Waals surface area (Å²) in [6.45, 7) is 6.50. The number of ether oxygens (including phenoxy) is 2. The molecule has 0 saturated carbocycles. The van der Waals surface area contributed by atoms with Gasteiger partial charge in [0, 0.05) is 18.2 Å². The monoisotopic (exact) mass is 398 g/mol. The molecule has 10 heteroatoms. The molecule has 28 heavy (non-hydrogen) atoms. The third-order valence-corrected chi connectivity index (χ3v) is 3.82. The predicted molar refractivity (Wildman–Crippen MR) is 99.0 cm³/mol. The quantitative estimate of drug-likeness (QED) is 0.359. The molecule has 2 unspecified atom stereocenters. The van der Waals surface area contributed by atoms with E-state index in [0.717, 1.165) is 13.2 Å². The van der Waals surface area contributed by atoms with Gasteiger partial charge < -0.3 is 25.0 Å². The zero-order valence-corrected chi connectivity index (χ0v) is 16.5. The van der Waals surface area contributed by atoms with E-state index in [1.165, 1.54) is 13.0 Å². The first kappa shape index (κ1) is 23.3. The highest BCUT2D eigenvalue weighted by Crippen LogP contribution is 2.29. The number of hydrogen-bond donors (Lipinski definition) is 3. The van der Waals surface area contributed by atoms with Gasteiger partial charge in [-0.15, -0.1) is 0 Å². The smallest absolute Gasteiger partial charge is 0.407 e. The molecule has 3 N–H and O–H groups in total. The molecular weight excluding hydrogens is 372 g/mol. The van der Waals surface area contributed by atoms with Gasteiger partial charge in [0.15, 0.2) is 0 Å². The third-order valence-electron chi connectivity index (χ3n) is 3.82. The number of alkyl carbamates (subject to hydrolysis) is 1. The van der Waals surface area contributed by atoms with Crippen LogP contribution in [0.1, 0.15) is 54.8 Å². The lowest BCUT2D eigenvalue weighted by atomic mass is 9.96. The molecular formula is C18H26N2O8. The molecule has 1 aromatic carbocycles. The molecule has 0 aliphatic heterocycles. The Morgan fingerprint density at radius 3 is 2.39 bits per heavy atom. The minimum absolute atomic E-state index is 0.00491. The van der Waals surface area contributed by atoms with Crippen LogP contribution in [0.4, 0.5) is 10.5 Å². The number of nitrogens with one attached hydrogen (secondary N) is 1. The van der Waals surface area contributed by atoms with Gasteiger partial charge in [-0.1, -0.05) is 0 Å². The number of amides is 1. The van der Waals surface area contributed by atoms with Gasteiger partial charge in [0.25, 0.3) is 5.69 Å². The minimum Gasteiger partial charge on any atom is -0.465 e. The van der Waals surface area contributed by atoms with Crippen molar-refractivity contribution in [3.63, 3.8) is 0 Å². The van der Waals surface area contributed by atoms with Gasteiger partial charge in [0.2, 0.25) is 0 Å². The number of aliphatic hydroxyl groups is 2. The van der Waals surface area contributed by atoms with Gasteiger partial charge in [-0.3, -0.25) is 10.1 Å². The van der Waals surface area contributed by atoms with E-state index in [2.05, 4.69) is 10.1 Å². The van der Waals surface area contributed by atoms with Crippen LogP contribution in [-0.4, -0.2) is 52.6 Å². The largest absolute Gasteiger partial charge is 0.465 e. The summed E-state index contributed by atoms with van der Waals surface area (Å²) in [5, 5.41) is 34.2. The number of carbonyl (C=O) groups is 2. The number of methoxy groups -OCH3 is 1. The second kappa shape index (κ2) is 9.47. The summed E-state index contributed by atoms with van der Waals surface area (Å²) in [5.74, 6) is -0.796. The Labute approximate surface area is 162 Å². The summed E-state index contributed by atoms with van der Waals surface area (Å²) < 4.78 is 9.66. The van der Waals surface area contributed by atoms with E-state index in [0.29, 0.717) is 0 Å². The highest BCUT2D eigenvalue weighted by atomic mass is 16.6. The maximum atomic E-state index is 11.9. The van der Waals surface area contributed by atoms with Crippen molar-refractivity contribution in [1.29, 1.82) is 0 Å². The van der Waals surface area contributed by atoms with Crippen LogP contribution in [-0.2, 0) is 9.47 Å². The van der Waals surface area contributed by atoms with Crippen LogP contribution in [0.25, 0.3) is 0 Å². The summed E-state index contributed by atoms with van der Waals surface area (Å²) in [6, 6.07) is 2.33. The van der Waals surface area contributed by atoms with Crippen molar-refractivity contribution in [2.45, 2.75) is 51.9 Å². The number of nitrogens with zero attached hydrogens (tertiary/aromatic N) is 1. The number of aliphatic hydroxyl groups excluding tert-OH is 2. The Hall–Kier alpha value is -2.72. The maximum absolute atomic E-state index is 11.9. The fourth-order valence-electron chi connectivity index (χ4n) is 2.42. The van der Waals surface area contributed by atoms with E-state index >= 15 is 0 Å². The van der Waals surface area contributed by atoms with Crippen LogP contribution < -0.4 is 5.32 Å². The van der Waals surface area contributed by atoms with Crippen molar-refractivity contribution in [2.75, 3.05) is 13.7 Å². The van der Waals surface area contributed by atoms with Crippen molar-refractivity contribution in [3.8, 4) is 0 Å². The predicted octanol–water partition coefficient (Wildman–Crippen LogP) is 2.00. The molecule has 0 aromatic heterocycles. The SMILES string of the molecule is COC(=O)c1cc(C(O)C(O)CCNC(=O)OC(C)(C)C)cc([N+](=O)[O-])c1C. The molecule has 10 nitrogen and oxygen atoms in total. The molecule has 0 spiro atoms. The molecule has 1 rings (SSSR count). The minimum atomic E-state index is -1.51. The van der Waals surface area contributed by atoms with Crippen LogP contribution in [0.3, 0.4) is 0 Å². The Balaban J connectivity index is 2.91. The number of nitro groups is 1. The lowest BCUT2D eigenvalue weighted by Gasteiger charge is -2.21. The first-order valence-electron chi connectivity index (χ1n) is 8.57. The molecule has 156 valence electrons. The molecule has 0 heterocycles. The van der Waals surface area contributed by atoms with Gasteiger partial charge in [0.05, 0.1) is 23.7 Å². The zero-order valence-electron chi connectivity index (χ0n) is 16.5. The van der Waals surface area contributed by atoms with Gasteiger partial charge in [0.1, 0.15) is 11.7 Å². The van der Waals surface area contributed by atoms with Gasteiger partial charge in [-0.25, -0.2) is 9.59 Å². The number of esters is 1. The fraction of sp³-hybridized carbons (Fsp3) is 0.556. The summed E-state index contributed by atoms with van der Waals surface area (Å²) in [5.41, 5.74) is -1.05. The van der Waals surface area contributed by atoms with Crippen molar-refractivity contribution < 1.29 is 34.2 Å². The molecule has 0 aliphatic rings. The topological polar surface area (TPSA) is 148 Å². The molecule has 2 atom stereocenters. The van der Waals surface area contributed by atoms with E-state index in [4.69, 9.17) is 4.74 Å². The molecule has 1 amide bonds. The average Bonchev–Trinajstić information content (AvgIpc) is 2.58. The third kappa shape index (κ3) is 6.46. The molecule has 0 aliphatic carbocycles. The van der Waals surface area contributed by atoms with Gasteiger partial charge >= 0.3 is 12.1 Å². The Bertz CT molecular complexity index is 742. The first-order valence-corrected chi connectivity index (χ1v) is 8.57. The van der Waals surface area contributed by atoms with E-state index in [-0.39, 0.29) is 35.3 Å². The Morgan fingerprint density at radius 1 is 1.29 bits per heavy atom. The summed E-state index contributed by atoms with van der Waals surface area (Å²) in [6.07, 6.45) is -3.57. The molecule has 0 bridgehead atoms. The maximum Gasteiger partial charge on any atom is 0.407 e. The van der Waals surface area contributed by atoms with E-state index in [1.54, 1.807) is 20.8 Å². The summed E-state index contributed by atoms with van der Waals surface area (Å²) in [7, 11) is 1.13. The second-order valence-electron chi connectivity index (χ2n) is 7.19. The van der Waals surface area contributed by atoms with E-state index in [1.807, 2.05) is 0 Å². The number of benzene rings is 1. The molecule has 0 radical (unpaired) electrons. The average molecular weight is 398 g/mol. The number of nitro benzene ring substituents is 1. The number of hydrogen-bond acceptors (Lipinski definition) is 8. The zero-order chi connectivity index (χ0) is 21.6. The standard InChI is InChI=1S/C18H26N2O8/c1-10-12(16(23)27-5)8-11(9-13(10)20(25)26)15(22)14(21)6-7-19-17(24)28-18(2,3)4/h8-9,14-15,21-22H,6-7H2,1-5H3,(H,19,24). The van der Waals surface area contributed by atoms with Crippen molar-refractivity contribution in [2.24, 2.45) is 0 Å². The van der Waals surface area contributed by atoms with Gasteiger partial charge in [-0.2, -0.15) is 0 Å². The van der Waals surface area contributed by atoms with Crippen molar-refractivity contribution >= 4 is 17.7 Å². The van der Waals surface area contributed by atoms with Crippen LogP contribution in [0.5, 0.6) is 0 Å². The van der Waals surface area contributed by atoms with Crippen molar-refractivity contribution in [3.05, 3.63) is 38.9 Å². The first-order chi connectivity index (χ1) is 12.9. The van der Waals surface area contributed by atoms with Crippen LogP contribution in [0.15, 0.2) is 12.1 Å². The summed E-state index contributed by atoms with van der Waals surface area (Å²) >= 11 is 0. The van der Waals surface area contributed by atoms with Crippen LogP contribution in [0, 0.1) is 17.0 Å². The van der Waals surface area contributed by atoms with Gasteiger partial charge in [-0.05, 0) is 45.7 Å². The highest BCUT2D eigenvalue weighted by Gasteiger charge is 2.26. The Kier molecular flexibility index (Phi) is 7.89. The number of carbonyl (C=O) groups excluding carboxylic acids is 2. The van der Waals surface area contributed by atoms with Crippen LogP contribution >= 0.6 is 0 Å². The lowest BCUT2D eigenvalue weighted by molar-refractivity contribution is -0.385. The fourth-order valence-corrected chi connectivity index (χ4v) is 2.42. The molecule has 0 saturated heterocycles. The molecule has 0 fully saturated rings. The second-order valence-corrected chi connectivity index (χ2v) is 7.19. The summed E-state index contributed by atoms with van der Waals surface area (Å²) in [4.78, 5) is 34.0. The van der Waals surface area contributed by atoms with E-state index in [9.17, 15) is 29.9 Å². The normalized spacial score (nSPS) is 13.4. The van der Waals surface area contributed by atoms with Crippen molar-refractivity contribution in [1.82, 2.24) is 5.32 Å². The Morgan fingerprint density at radius 2 is 1.89 bits per heavy atom. The molecule has 1 aromatic rings.